The summed E-state index contributed by atoms with van der Waals surface area (Å²) in [6.07, 6.45) is 0. The van der Waals surface area contributed by atoms with Crippen LogP contribution in [0.5, 0.6) is 11.5 Å². The maximum Gasteiger partial charge on any atom is 0.234 e. The van der Waals surface area contributed by atoms with Crippen molar-refractivity contribution in [2.45, 2.75) is 19.3 Å². The molecule has 0 aliphatic rings. The third-order valence-corrected chi connectivity index (χ3v) is 3.87. The molecule has 0 bridgehead atoms. The zero-order valence-electron chi connectivity index (χ0n) is 13.9. The number of carbonyl (C=O) groups excluding carboxylic acids is 1. The molecule has 0 aliphatic carbocycles. The number of benzene rings is 2. The highest BCUT2D eigenvalue weighted by atomic mass is 19.1. The van der Waals surface area contributed by atoms with Crippen LogP contribution in [0, 0.1) is 11.6 Å². The highest BCUT2D eigenvalue weighted by Gasteiger charge is 2.32. The number of para-hydroxylation sites is 1. The fourth-order valence-electron chi connectivity index (χ4n) is 2.24. The van der Waals surface area contributed by atoms with Crippen molar-refractivity contribution in [1.82, 2.24) is 0 Å². The van der Waals surface area contributed by atoms with Crippen molar-refractivity contribution in [3.05, 3.63) is 53.6 Å². The van der Waals surface area contributed by atoms with Gasteiger partial charge in [-0.15, -0.1) is 0 Å². The smallest absolute Gasteiger partial charge is 0.234 e. The number of anilines is 1. The number of nitrogens with one attached hydrogen (secondary N) is 1. The van der Waals surface area contributed by atoms with E-state index in [0.29, 0.717) is 17.1 Å². The van der Waals surface area contributed by atoms with E-state index in [9.17, 15) is 13.6 Å². The Labute approximate surface area is 139 Å². The first-order valence-corrected chi connectivity index (χ1v) is 7.29. The lowest BCUT2D eigenvalue weighted by molar-refractivity contribution is -0.120. The van der Waals surface area contributed by atoms with Crippen molar-refractivity contribution in [3.8, 4) is 11.5 Å². The molecule has 1 amide bonds. The maximum atomic E-state index is 13.7. The van der Waals surface area contributed by atoms with E-state index in [1.54, 1.807) is 32.0 Å². The molecule has 4 nitrogen and oxygen atoms in total. The quantitative estimate of drug-likeness (QED) is 0.901. The van der Waals surface area contributed by atoms with Crippen LogP contribution in [-0.4, -0.2) is 20.1 Å². The van der Waals surface area contributed by atoms with Gasteiger partial charge in [-0.1, -0.05) is 12.1 Å². The van der Waals surface area contributed by atoms with Crippen LogP contribution < -0.4 is 14.8 Å². The molecular formula is C18H19F2NO3. The predicted molar refractivity (Wildman–Crippen MR) is 87.6 cm³/mol. The van der Waals surface area contributed by atoms with Crippen molar-refractivity contribution in [2.24, 2.45) is 0 Å². The minimum absolute atomic E-state index is 0.462. The monoisotopic (exact) mass is 335 g/mol. The molecule has 2 rings (SSSR count). The Morgan fingerprint density at radius 1 is 1.00 bits per heavy atom. The molecule has 0 saturated heterocycles. The average Bonchev–Trinajstić information content (AvgIpc) is 2.57. The van der Waals surface area contributed by atoms with Crippen molar-refractivity contribution >= 4 is 11.6 Å². The summed E-state index contributed by atoms with van der Waals surface area (Å²) in [7, 11) is 3.00. The van der Waals surface area contributed by atoms with Crippen molar-refractivity contribution in [1.29, 1.82) is 0 Å². The van der Waals surface area contributed by atoms with Gasteiger partial charge in [-0.05, 0) is 43.7 Å². The minimum Gasteiger partial charge on any atom is -0.493 e. The summed E-state index contributed by atoms with van der Waals surface area (Å²) in [6.45, 7) is 3.31. The summed E-state index contributed by atoms with van der Waals surface area (Å²) >= 11 is 0. The lowest BCUT2D eigenvalue weighted by atomic mass is 9.83. The molecule has 2 aromatic rings. The first-order chi connectivity index (χ1) is 11.3. The number of amides is 1. The number of methoxy groups -OCH3 is 2. The standard InChI is InChI=1S/C18H19F2NO3/c1-18(2,11-8-9-14(23-3)15(10-11)24-4)17(22)21-16-12(19)6-5-7-13(16)20/h5-10H,1-4H3,(H,21,22). The summed E-state index contributed by atoms with van der Waals surface area (Å²) in [5.74, 6) is -1.21. The number of halogens is 2. The molecule has 0 spiro atoms. The third kappa shape index (κ3) is 3.32. The van der Waals surface area contributed by atoms with Crippen molar-refractivity contribution in [3.63, 3.8) is 0 Å². The van der Waals surface area contributed by atoms with Gasteiger partial charge in [-0.25, -0.2) is 8.78 Å². The number of carbonyl (C=O) groups is 1. The first-order valence-electron chi connectivity index (χ1n) is 7.29. The second-order valence-corrected chi connectivity index (χ2v) is 5.75. The number of rotatable bonds is 5. The van der Waals surface area contributed by atoms with Crippen LogP contribution in [0.4, 0.5) is 14.5 Å². The summed E-state index contributed by atoms with van der Waals surface area (Å²) < 4.78 is 37.9. The average molecular weight is 335 g/mol. The van der Waals surface area contributed by atoms with Gasteiger partial charge in [-0.2, -0.15) is 0 Å². The van der Waals surface area contributed by atoms with Crippen LogP contribution in [0.15, 0.2) is 36.4 Å². The van der Waals surface area contributed by atoms with Crippen LogP contribution in [0.3, 0.4) is 0 Å². The zero-order valence-corrected chi connectivity index (χ0v) is 13.9. The molecular weight excluding hydrogens is 316 g/mol. The van der Waals surface area contributed by atoms with Gasteiger partial charge in [0.25, 0.3) is 0 Å². The number of ether oxygens (including phenoxy) is 2. The Bertz CT molecular complexity index is 740. The molecule has 0 aliphatic heterocycles. The highest BCUT2D eigenvalue weighted by Crippen LogP contribution is 2.34. The van der Waals surface area contributed by atoms with Crippen molar-refractivity contribution in [2.75, 3.05) is 19.5 Å². The Hall–Kier alpha value is -2.63. The second-order valence-electron chi connectivity index (χ2n) is 5.75. The van der Waals surface area contributed by atoms with E-state index in [-0.39, 0.29) is 0 Å². The molecule has 0 heterocycles. The zero-order chi connectivity index (χ0) is 17.9. The van der Waals surface area contributed by atoms with E-state index in [4.69, 9.17) is 9.47 Å². The van der Waals surface area contributed by atoms with Gasteiger partial charge in [0.2, 0.25) is 5.91 Å². The molecule has 1 N–H and O–H groups in total. The van der Waals surface area contributed by atoms with E-state index in [0.717, 1.165) is 12.1 Å². The van der Waals surface area contributed by atoms with Crippen LogP contribution in [-0.2, 0) is 10.2 Å². The summed E-state index contributed by atoms with van der Waals surface area (Å²) in [4.78, 5) is 12.6. The number of hydrogen-bond acceptors (Lipinski definition) is 3. The Morgan fingerprint density at radius 2 is 1.58 bits per heavy atom. The largest absolute Gasteiger partial charge is 0.493 e. The molecule has 0 unspecified atom stereocenters. The van der Waals surface area contributed by atoms with Gasteiger partial charge in [0.05, 0.1) is 19.6 Å². The van der Waals surface area contributed by atoms with Gasteiger partial charge in [0, 0.05) is 0 Å². The van der Waals surface area contributed by atoms with Crippen LogP contribution in [0.1, 0.15) is 19.4 Å². The van der Waals surface area contributed by atoms with E-state index in [1.165, 1.54) is 20.3 Å². The molecule has 0 atom stereocenters. The Balaban J connectivity index is 2.34. The van der Waals surface area contributed by atoms with Gasteiger partial charge in [0.15, 0.2) is 11.5 Å². The SMILES string of the molecule is COc1ccc(C(C)(C)C(=O)Nc2c(F)cccc2F)cc1OC. The first kappa shape index (κ1) is 17.7. The van der Waals surface area contributed by atoms with Gasteiger partial charge >= 0.3 is 0 Å². The maximum absolute atomic E-state index is 13.7. The van der Waals surface area contributed by atoms with E-state index >= 15 is 0 Å². The third-order valence-electron chi connectivity index (χ3n) is 3.87. The molecule has 0 saturated carbocycles. The van der Waals surface area contributed by atoms with E-state index in [1.807, 2.05) is 0 Å². The minimum atomic E-state index is -1.05. The fraction of sp³-hybridized carbons (Fsp3) is 0.278. The normalized spacial score (nSPS) is 11.1. The van der Waals surface area contributed by atoms with Crippen LogP contribution in [0.25, 0.3) is 0 Å². The molecule has 24 heavy (non-hydrogen) atoms. The molecule has 128 valence electrons. The molecule has 6 heteroatoms. The molecule has 0 fully saturated rings. The van der Waals surface area contributed by atoms with Crippen LogP contribution >= 0.6 is 0 Å². The molecule has 2 aromatic carbocycles. The van der Waals surface area contributed by atoms with Gasteiger partial charge < -0.3 is 14.8 Å². The summed E-state index contributed by atoms with van der Waals surface area (Å²) in [6, 6.07) is 8.45. The molecule has 0 aromatic heterocycles. The highest BCUT2D eigenvalue weighted by molar-refractivity contribution is 5.98. The van der Waals surface area contributed by atoms with Crippen molar-refractivity contribution < 1.29 is 23.0 Å². The summed E-state index contributed by atoms with van der Waals surface area (Å²) in [5, 5.41) is 2.32. The molecule has 0 radical (unpaired) electrons. The Kier molecular flexibility index (Phi) is 5.07. The summed E-state index contributed by atoms with van der Waals surface area (Å²) in [5.41, 5.74) is -0.890. The van der Waals surface area contributed by atoms with E-state index in [2.05, 4.69) is 5.32 Å². The lowest BCUT2D eigenvalue weighted by Gasteiger charge is -2.25. The number of hydrogen-bond donors (Lipinski definition) is 1. The topological polar surface area (TPSA) is 47.6 Å². The Morgan fingerprint density at radius 3 is 2.12 bits per heavy atom. The van der Waals surface area contributed by atoms with Crippen LogP contribution in [0.2, 0.25) is 0 Å². The fourth-order valence-corrected chi connectivity index (χ4v) is 2.24. The van der Waals surface area contributed by atoms with Gasteiger partial charge in [0.1, 0.15) is 17.3 Å². The lowest BCUT2D eigenvalue weighted by Crippen LogP contribution is -2.35. The predicted octanol–water partition coefficient (Wildman–Crippen LogP) is 3.90. The van der Waals surface area contributed by atoms with Gasteiger partial charge in [-0.3, -0.25) is 4.79 Å². The second kappa shape index (κ2) is 6.86. The van der Waals surface area contributed by atoms with E-state index < -0.39 is 28.6 Å².